The van der Waals surface area contributed by atoms with E-state index in [1.54, 1.807) is 54.5 Å². The number of nitrogens with two attached hydrogens (primary N) is 2. The third-order valence-corrected chi connectivity index (χ3v) is 10.5. The average Bonchev–Trinajstić information content (AvgIpc) is 3.25. The van der Waals surface area contributed by atoms with Crippen LogP contribution in [0.3, 0.4) is 0 Å². The largest absolute Gasteiger partial charge is 0.477 e. The van der Waals surface area contributed by atoms with Crippen LogP contribution in [0, 0.1) is 17.7 Å². The minimum atomic E-state index is -1.39. The number of aryl methyl sites for hydroxylation is 1. The Kier molecular flexibility index (Phi) is 20.0. The van der Waals surface area contributed by atoms with Crippen molar-refractivity contribution in [3.63, 3.8) is 0 Å². The molecule has 0 bridgehead atoms. The summed E-state index contributed by atoms with van der Waals surface area (Å²) in [5.41, 5.74) is 12.3. The van der Waals surface area contributed by atoms with Gasteiger partial charge in [-0.15, -0.1) is 0 Å². The summed E-state index contributed by atoms with van der Waals surface area (Å²) < 4.78 is 27.8. The number of carbonyl (C=O) groups is 5. The molecule has 1 aromatic heterocycles. The predicted molar refractivity (Wildman–Crippen MR) is 252 cm³/mol. The first-order valence-corrected chi connectivity index (χ1v) is 20.4. The molecule has 0 spiro atoms. The van der Waals surface area contributed by atoms with E-state index >= 15 is 4.39 Å². The van der Waals surface area contributed by atoms with Crippen LogP contribution < -0.4 is 32.4 Å². The van der Waals surface area contributed by atoms with Crippen LogP contribution in [0.2, 0.25) is 0 Å². The van der Waals surface area contributed by atoms with Crippen LogP contribution in [0.4, 0.5) is 25.4 Å². The summed E-state index contributed by atoms with van der Waals surface area (Å²) in [5, 5.41) is 14.9. The number of aromatic carboxylic acids is 1. The molecule has 7 N–H and O–H groups in total. The standard InChI is InChI=1S/C44H53FN8O9.2H2S/c1-4-51-24-33(41(57)58)39(55)32-22-34(45)36(23-35(32)51)52-17-19-53(20-18-52)44(60)62-26-29-12-14-31(15-13-29)49-40(56)30(11-8-16-48-42(46)47)21-37(54)38(27(2)3)50-43(59)61-25-28-9-6-5-7-10-28;;/h5-7,9-10,12-15,22-24,27,30,38H,4,8,11,16-21,25-26H2,1-3H3,(H,49,56)(H,50,59)(H,57,58)(H4,46,47,48);2*1H2/t30-,38+;;/m1../s1. The van der Waals surface area contributed by atoms with Crippen LogP contribution in [0.25, 0.3) is 10.9 Å². The molecular formula is C44H57FN8O9S2. The normalized spacial score (nSPS) is 13.1. The van der Waals surface area contributed by atoms with Gasteiger partial charge in [-0.25, -0.2) is 18.8 Å². The molecule has 0 unspecified atom stereocenters. The summed E-state index contributed by atoms with van der Waals surface area (Å²) in [6.45, 7) is 7.01. The fraction of sp³-hybridized carbons (Fsp3) is 0.386. The first kappa shape index (κ1) is 52.1. The van der Waals surface area contributed by atoms with Gasteiger partial charge >= 0.3 is 18.2 Å². The summed E-state index contributed by atoms with van der Waals surface area (Å²) in [7, 11) is 0. The van der Waals surface area contributed by atoms with Gasteiger partial charge in [0.05, 0.1) is 17.2 Å². The molecule has 3 aromatic carbocycles. The molecule has 2 heterocycles. The van der Waals surface area contributed by atoms with Crippen molar-refractivity contribution in [3.05, 3.63) is 106 Å². The lowest BCUT2D eigenvalue weighted by Crippen LogP contribution is -2.49. The maximum absolute atomic E-state index is 15.3. The number of rotatable bonds is 18. The number of hydrogen-bond acceptors (Lipinski definition) is 10. The highest BCUT2D eigenvalue weighted by Crippen LogP contribution is 2.27. The summed E-state index contributed by atoms with van der Waals surface area (Å²) >= 11 is 0. The highest BCUT2D eigenvalue weighted by molar-refractivity contribution is 7.59. The third-order valence-electron chi connectivity index (χ3n) is 10.5. The minimum absolute atomic E-state index is 0. The Hall–Kier alpha value is -6.28. The number of pyridine rings is 1. The highest BCUT2D eigenvalue weighted by atomic mass is 32.1. The number of nitrogens with zero attached hydrogens (tertiary/aromatic N) is 4. The van der Waals surface area contributed by atoms with Gasteiger partial charge in [-0.2, -0.15) is 27.0 Å². The van der Waals surface area contributed by atoms with E-state index in [1.165, 1.54) is 17.2 Å². The molecule has 3 amide bonds. The number of aromatic nitrogens is 1. The van der Waals surface area contributed by atoms with Crippen molar-refractivity contribution < 1.29 is 42.9 Å². The SMILES string of the molecule is CCn1cc(C(=O)O)c(=O)c2cc(F)c(N3CCN(C(=O)OCc4ccc(NC(=O)[C@H](CCCN=C(N)N)CC(=O)[C@@H](NC(=O)OCc5ccccc5)C(C)C)cc4)CC3)cc21.S.S. The third kappa shape index (κ3) is 14.1. The Morgan fingerprint density at radius 3 is 2.16 bits per heavy atom. The number of halogens is 1. The number of fused-ring (bicyclic) bond motifs is 1. The monoisotopic (exact) mass is 924 g/mol. The number of aliphatic imine (C=N–C) groups is 1. The number of carbonyl (C=O) groups excluding carboxylic acids is 4. The zero-order chi connectivity index (χ0) is 44.9. The van der Waals surface area contributed by atoms with Gasteiger partial charge in [-0.05, 0) is 61.1 Å². The van der Waals surface area contributed by atoms with Crippen molar-refractivity contribution >= 4 is 85.1 Å². The number of benzene rings is 3. The van der Waals surface area contributed by atoms with Crippen LogP contribution in [-0.2, 0) is 38.8 Å². The van der Waals surface area contributed by atoms with Gasteiger partial charge in [0.2, 0.25) is 11.3 Å². The topological polar surface area (TPSA) is 241 Å². The van der Waals surface area contributed by atoms with E-state index in [9.17, 15) is 33.9 Å². The molecule has 0 saturated carbocycles. The second-order valence-electron chi connectivity index (χ2n) is 15.2. The van der Waals surface area contributed by atoms with E-state index in [0.717, 1.165) is 11.6 Å². The Morgan fingerprint density at radius 1 is 0.906 bits per heavy atom. The lowest BCUT2D eigenvalue weighted by atomic mass is 9.89. The van der Waals surface area contributed by atoms with Crippen LogP contribution in [0.15, 0.2) is 82.7 Å². The van der Waals surface area contributed by atoms with E-state index in [4.69, 9.17) is 20.9 Å². The first-order chi connectivity index (χ1) is 29.6. The van der Waals surface area contributed by atoms with Gasteiger partial charge in [-0.1, -0.05) is 56.3 Å². The number of alkyl carbamates (subject to hydrolysis) is 1. The van der Waals surface area contributed by atoms with Crippen LogP contribution in [0.5, 0.6) is 0 Å². The van der Waals surface area contributed by atoms with Gasteiger partial charge < -0.3 is 51.0 Å². The van der Waals surface area contributed by atoms with Crippen LogP contribution in [0.1, 0.15) is 61.5 Å². The van der Waals surface area contributed by atoms with E-state index in [-0.39, 0.29) is 115 Å². The molecule has 5 rings (SSSR count). The number of hydrogen-bond donors (Lipinski definition) is 5. The van der Waals surface area contributed by atoms with E-state index in [0.29, 0.717) is 29.7 Å². The summed E-state index contributed by atoms with van der Waals surface area (Å²) in [6.07, 6.45) is 0.490. The van der Waals surface area contributed by atoms with E-state index < -0.39 is 52.8 Å². The zero-order valence-electron chi connectivity index (χ0n) is 36.0. The molecule has 64 heavy (non-hydrogen) atoms. The predicted octanol–water partition coefficient (Wildman–Crippen LogP) is 5.06. The lowest BCUT2D eigenvalue weighted by Gasteiger charge is -2.35. The Bertz CT molecular complexity index is 2340. The van der Waals surface area contributed by atoms with Crippen molar-refractivity contribution in [1.29, 1.82) is 0 Å². The first-order valence-electron chi connectivity index (χ1n) is 20.4. The zero-order valence-corrected chi connectivity index (χ0v) is 38.0. The molecule has 17 nitrogen and oxygen atoms in total. The highest BCUT2D eigenvalue weighted by Gasteiger charge is 2.30. The van der Waals surface area contributed by atoms with E-state index in [1.807, 2.05) is 30.3 Å². The quantitative estimate of drug-likeness (QED) is 0.0500. The molecule has 1 fully saturated rings. The second kappa shape index (κ2) is 24.5. The van der Waals surface area contributed by atoms with Gasteiger partial charge in [-0.3, -0.25) is 19.4 Å². The van der Waals surface area contributed by atoms with Crippen LogP contribution in [-0.4, -0.2) is 89.1 Å². The number of amides is 3. The maximum atomic E-state index is 15.3. The van der Waals surface area contributed by atoms with Crippen LogP contribution >= 0.6 is 27.0 Å². The number of nitrogens with one attached hydrogen (secondary N) is 2. The molecule has 1 aliphatic rings. The molecule has 346 valence electrons. The van der Waals surface area contributed by atoms with E-state index in [2.05, 4.69) is 15.6 Å². The maximum Gasteiger partial charge on any atom is 0.410 e. The molecule has 0 aliphatic carbocycles. The number of Topliss-reactive ketones (excluding diaryl/α,β-unsaturated/α-hetero) is 1. The Morgan fingerprint density at radius 2 is 1.55 bits per heavy atom. The lowest BCUT2D eigenvalue weighted by molar-refractivity contribution is -0.128. The minimum Gasteiger partial charge on any atom is -0.477 e. The molecule has 20 heteroatoms. The Balaban J connectivity index is 0.00000544. The van der Waals surface area contributed by atoms with Crippen molar-refractivity contribution in [2.75, 3.05) is 42.9 Å². The molecular weight excluding hydrogens is 868 g/mol. The number of guanidine groups is 1. The molecule has 1 aliphatic heterocycles. The van der Waals surface area contributed by atoms with Crippen molar-refractivity contribution in [1.82, 2.24) is 14.8 Å². The van der Waals surface area contributed by atoms with Gasteiger partial charge in [0.1, 0.15) is 24.6 Å². The molecule has 1 saturated heterocycles. The fourth-order valence-electron chi connectivity index (χ4n) is 7.10. The Labute approximate surface area is 384 Å². The number of piperazine rings is 1. The van der Waals surface area contributed by atoms with Crippen molar-refractivity contribution in [2.24, 2.45) is 28.3 Å². The summed E-state index contributed by atoms with van der Waals surface area (Å²) in [4.78, 5) is 84.4. The summed E-state index contributed by atoms with van der Waals surface area (Å²) in [5.74, 6) is -3.95. The van der Waals surface area contributed by atoms with Gasteiger partial charge in [0.25, 0.3) is 0 Å². The van der Waals surface area contributed by atoms with Gasteiger partial charge in [0.15, 0.2) is 11.7 Å². The number of anilines is 2. The van der Waals surface area contributed by atoms with Gasteiger partial charge in [0, 0.05) is 68.9 Å². The number of carboxylic acid groups (broad SMARTS) is 1. The molecule has 0 radical (unpaired) electrons. The van der Waals surface area contributed by atoms with Crippen molar-refractivity contribution in [2.45, 2.75) is 65.8 Å². The number of ether oxygens (including phenoxy) is 2. The van der Waals surface area contributed by atoms with Crippen molar-refractivity contribution in [3.8, 4) is 0 Å². The molecule has 2 atom stereocenters. The summed E-state index contributed by atoms with van der Waals surface area (Å²) in [6, 6.07) is 17.5. The smallest absolute Gasteiger partial charge is 0.410 e. The number of ketones is 1. The fourth-order valence-corrected chi connectivity index (χ4v) is 7.10. The second-order valence-corrected chi connectivity index (χ2v) is 15.2. The number of carboxylic acids is 1. The average molecular weight is 925 g/mol. The molecule has 4 aromatic rings.